The average molecular weight is 308 g/mol. The highest BCUT2D eigenvalue weighted by molar-refractivity contribution is 7.16. The van der Waals surface area contributed by atoms with E-state index in [0.717, 1.165) is 24.5 Å². The first-order chi connectivity index (χ1) is 9.17. The fraction of sp³-hybridized carbons (Fsp3) is 0.692. The molecule has 0 aliphatic heterocycles. The van der Waals surface area contributed by atoms with Crippen LogP contribution in [0.1, 0.15) is 17.4 Å². The summed E-state index contributed by atoms with van der Waals surface area (Å²) >= 11 is 7.30. The van der Waals surface area contributed by atoms with E-state index in [9.17, 15) is 5.11 Å². The van der Waals surface area contributed by atoms with E-state index in [4.69, 9.17) is 21.1 Å². The van der Waals surface area contributed by atoms with Crippen LogP contribution in [0.4, 0.5) is 0 Å². The van der Waals surface area contributed by atoms with Gasteiger partial charge in [-0.3, -0.25) is 4.90 Å². The summed E-state index contributed by atoms with van der Waals surface area (Å²) in [5.74, 6) is 0. The molecule has 0 saturated heterocycles. The van der Waals surface area contributed by atoms with E-state index in [0.29, 0.717) is 24.0 Å². The van der Waals surface area contributed by atoms with Gasteiger partial charge in [0.15, 0.2) is 0 Å². The van der Waals surface area contributed by atoms with Gasteiger partial charge in [-0.15, -0.1) is 11.3 Å². The highest BCUT2D eigenvalue weighted by atomic mass is 35.5. The maximum Gasteiger partial charge on any atom is 0.0932 e. The number of ether oxygens (including phenoxy) is 2. The number of rotatable bonds is 10. The fourth-order valence-electron chi connectivity index (χ4n) is 1.73. The van der Waals surface area contributed by atoms with E-state index >= 15 is 0 Å². The average Bonchev–Trinajstić information content (AvgIpc) is 2.84. The van der Waals surface area contributed by atoms with Crippen LogP contribution < -0.4 is 0 Å². The summed E-state index contributed by atoms with van der Waals surface area (Å²) in [6.45, 7) is 3.87. The smallest absolute Gasteiger partial charge is 0.0932 e. The van der Waals surface area contributed by atoms with E-state index in [-0.39, 0.29) is 0 Å². The SMILES string of the molecule is COCCN(CCOC)CCC(O)c1ccc(Cl)s1. The maximum atomic E-state index is 10.1. The lowest BCUT2D eigenvalue weighted by atomic mass is 10.2. The molecule has 1 rings (SSSR count). The lowest BCUT2D eigenvalue weighted by Gasteiger charge is -2.22. The van der Waals surface area contributed by atoms with Crippen LogP contribution in [0.2, 0.25) is 4.34 Å². The zero-order valence-corrected chi connectivity index (χ0v) is 13.0. The predicted octanol–water partition coefficient (Wildman–Crippen LogP) is 2.42. The second kappa shape index (κ2) is 9.69. The Balaban J connectivity index is 2.36. The van der Waals surface area contributed by atoms with Crippen molar-refractivity contribution < 1.29 is 14.6 Å². The van der Waals surface area contributed by atoms with Gasteiger partial charge >= 0.3 is 0 Å². The minimum Gasteiger partial charge on any atom is -0.388 e. The Morgan fingerprint density at radius 1 is 1.21 bits per heavy atom. The zero-order valence-electron chi connectivity index (χ0n) is 11.5. The van der Waals surface area contributed by atoms with Crippen LogP contribution in [0.25, 0.3) is 0 Å². The van der Waals surface area contributed by atoms with Crippen molar-refractivity contribution in [3.8, 4) is 0 Å². The number of aliphatic hydroxyl groups is 1. The third kappa shape index (κ3) is 6.70. The summed E-state index contributed by atoms with van der Waals surface area (Å²) in [6.07, 6.45) is 0.231. The Hall–Kier alpha value is -0.170. The van der Waals surface area contributed by atoms with Gasteiger partial charge in [0.2, 0.25) is 0 Å². The topological polar surface area (TPSA) is 41.9 Å². The number of aliphatic hydroxyl groups excluding tert-OH is 1. The molecule has 4 nitrogen and oxygen atoms in total. The largest absolute Gasteiger partial charge is 0.388 e. The summed E-state index contributed by atoms with van der Waals surface area (Å²) in [6, 6.07) is 3.70. The Morgan fingerprint density at radius 2 is 1.84 bits per heavy atom. The molecule has 0 aliphatic rings. The third-order valence-corrected chi connectivity index (χ3v) is 4.20. The Labute approximate surface area is 123 Å². The van der Waals surface area contributed by atoms with Gasteiger partial charge in [-0.2, -0.15) is 0 Å². The molecule has 19 heavy (non-hydrogen) atoms. The van der Waals surface area contributed by atoms with Crippen LogP contribution >= 0.6 is 22.9 Å². The van der Waals surface area contributed by atoms with Crippen LogP contribution in [-0.4, -0.2) is 57.1 Å². The van der Waals surface area contributed by atoms with Gasteiger partial charge in [0.25, 0.3) is 0 Å². The molecule has 1 N–H and O–H groups in total. The summed E-state index contributed by atoms with van der Waals surface area (Å²) in [5.41, 5.74) is 0. The van der Waals surface area contributed by atoms with Crippen molar-refractivity contribution in [1.82, 2.24) is 4.90 Å². The number of hydrogen-bond donors (Lipinski definition) is 1. The summed E-state index contributed by atoms with van der Waals surface area (Å²) < 4.78 is 10.9. The first-order valence-electron chi connectivity index (χ1n) is 6.31. The second-order valence-electron chi connectivity index (χ2n) is 4.27. The van der Waals surface area contributed by atoms with Crippen molar-refractivity contribution >= 4 is 22.9 Å². The van der Waals surface area contributed by atoms with Crippen LogP contribution in [-0.2, 0) is 9.47 Å². The van der Waals surface area contributed by atoms with Gasteiger partial charge in [0, 0.05) is 38.7 Å². The minimum absolute atomic E-state index is 0.454. The van der Waals surface area contributed by atoms with Gasteiger partial charge in [0.1, 0.15) is 0 Å². The molecule has 0 aliphatic carbocycles. The quantitative estimate of drug-likeness (QED) is 0.721. The van der Waals surface area contributed by atoms with Gasteiger partial charge in [-0.1, -0.05) is 11.6 Å². The van der Waals surface area contributed by atoms with E-state index in [2.05, 4.69) is 4.90 Å². The molecule has 0 spiro atoms. The molecule has 0 radical (unpaired) electrons. The van der Waals surface area contributed by atoms with Gasteiger partial charge in [0.05, 0.1) is 23.7 Å². The molecule has 0 fully saturated rings. The second-order valence-corrected chi connectivity index (χ2v) is 6.02. The number of hydrogen-bond acceptors (Lipinski definition) is 5. The van der Waals surface area contributed by atoms with Crippen molar-refractivity contribution in [2.24, 2.45) is 0 Å². The summed E-state index contributed by atoms with van der Waals surface area (Å²) in [5, 5.41) is 10.1. The van der Waals surface area contributed by atoms with Gasteiger partial charge in [-0.25, -0.2) is 0 Å². The molecule has 1 unspecified atom stereocenters. The number of thiophene rings is 1. The number of methoxy groups -OCH3 is 2. The third-order valence-electron chi connectivity index (χ3n) is 2.86. The Morgan fingerprint density at radius 3 is 2.32 bits per heavy atom. The molecule has 1 aromatic rings. The number of halogens is 1. The van der Waals surface area contributed by atoms with Gasteiger partial charge in [-0.05, 0) is 18.6 Å². The fourth-order valence-corrected chi connectivity index (χ4v) is 2.81. The highest BCUT2D eigenvalue weighted by Crippen LogP contribution is 2.28. The molecule has 110 valence electrons. The highest BCUT2D eigenvalue weighted by Gasteiger charge is 2.12. The standard InChI is InChI=1S/C13H22ClNO3S/c1-17-9-7-15(8-10-18-2)6-5-11(16)12-3-4-13(14)19-12/h3-4,11,16H,5-10H2,1-2H3. The molecular weight excluding hydrogens is 286 g/mol. The van der Waals surface area contributed by atoms with Crippen molar-refractivity contribution in [3.05, 3.63) is 21.3 Å². The molecule has 1 aromatic heterocycles. The van der Waals surface area contributed by atoms with Crippen molar-refractivity contribution in [1.29, 1.82) is 0 Å². The molecule has 0 aromatic carbocycles. The minimum atomic E-state index is -0.454. The van der Waals surface area contributed by atoms with Crippen molar-refractivity contribution in [2.75, 3.05) is 47.1 Å². The molecular formula is C13H22ClNO3S. The van der Waals surface area contributed by atoms with Crippen LogP contribution in [0.5, 0.6) is 0 Å². The van der Waals surface area contributed by atoms with Crippen molar-refractivity contribution in [3.63, 3.8) is 0 Å². The van der Waals surface area contributed by atoms with E-state index < -0.39 is 6.10 Å². The van der Waals surface area contributed by atoms with E-state index in [1.54, 1.807) is 14.2 Å². The molecule has 0 saturated carbocycles. The van der Waals surface area contributed by atoms with E-state index in [1.807, 2.05) is 12.1 Å². The normalized spacial score (nSPS) is 13.1. The summed E-state index contributed by atoms with van der Waals surface area (Å²) in [4.78, 5) is 3.15. The first-order valence-corrected chi connectivity index (χ1v) is 7.50. The van der Waals surface area contributed by atoms with Crippen molar-refractivity contribution in [2.45, 2.75) is 12.5 Å². The molecule has 0 bridgehead atoms. The van der Waals surface area contributed by atoms with Gasteiger partial charge < -0.3 is 14.6 Å². The molecule has 1 heterocycles. The van der Waals surface area contributed by atoms with Crippen LogP contribution in [0.15, 0.2) is 12.1 Å². The van der Waals surface area contributed by atoms with E-state index in [1.165, 1.54) is 11.3 Å². The summed E-state index contributed by atoms with van der Waals surface area (Å²) in [7, 11) is 3.38. The first kappa shape index (κ1) is 16.9. The monoisotopic (exact) mass is 307 g/mol. The van der Waals surface area contributed by atoms with Crippen LogP contribution in [0, 0.1) is 0 Å². The zero-order chi connectivity index (χ0) is 14.1. The Bertz CT molecular complexity index is 340. The van der Waals surface area contributed by atoms with Crippen LogP contribution in [0.3, 0.4) is 0 Å². The molecule has 6 heteroatoms. The number of nitrogens with zero attached hydrogens (tertiary/aromatic N) is 1. The predicted molar refractivity (Wildman–Crippen MR) is 79.1 cm³/mol. The Kier molecular flexibility index (Phi) is 8.61. The maximum absolute atomic E-state index is 10.1. The molecule has 0 amide bonds. The lowest BCUT2D eigenvalue weighted by Crippen LogP contribution is -2.32. The lowest BCUT2D eigenvalue weighted by molar-refractivity contribution is 0.0953. The molecule has 1 atom stereocenters.